The Bertz CT molecular complexity index is 1410. The lowest BCUT2D eigenvalue weighted by atomic mass is 10.1. The molecule has 8 heteroatoms. The summed E-state index contributed by atoms with van der Waals surface area (Å²) in [4.78, 5) is 29.1. The van der Waals surface area contributed by atoms with Crippen LogP contribution in [-0.4, -0.2) is 43.8 Å². The van der Waals surface area contributed by atoms with Crippen molar-refractivity contribution in [3.63, 3.8) is 0 Å². The van der Waals surface area contributed by atoms with Crippen molar-refractivity contribution in [1.82, 2.24) is 10.2 Å². The van der Waals surface area contributed by atoms with Gasteiger partial charge in [0.2, 0.25) is 11.8 Å². The topological polar surface area (TPSA) is 86.8 Å². The fraction of sp³-hybridized carbons (Fsp3) is 0.375. The molecule has 0 fully saturated rings. The van der Waals surface area contributed by atoms with Gasteiger partial charge in [-0.05, 0) is 81.5 Å². The van der Waals surface area contributed by atoms with E-state index in [2.05, 4.69) is 5.32 Å². The Morgan fingerprint density at radius 1 is 0.850 bits per heavy atom. The largest absolute Gasteiger partial charge is 0.352 e. The molecule has 0 saturated carbocycles. The summed E-state index contributed by atoms with van der Waals surface area (Å²) in [7, 11) is -4.08. The number of nitrogens with zero attached hydrogens (tertiary/aromatic N) is 2. The third-order valence-corrected chi connectivity index (χ3v) is 9.04. The molecule has 0 unspecified atom stereocenters. The van der Waals surface area contributed by atoms with E-state index >= 15 is 0 Å². The molecule has 0 heterocycles. The number of benzene rings is 3. The third-order valence-electron chi connectivity index (χ3n) is 7.25. The van der Waals surface area contributed by atoms with Crippen LogP contribution in [-0.2, 0) is 26.2 Å². The predicted octanol–water partition coefficient (Wildman–Crippen LogP) is 5.53. The molecule has 2 atom stereocenters. The highest BCUT2D eigenvalue weighted by atomic mass is 32.2. The summed E-state index contributed by atoms with van der Waals surface area (Å²) in [6.45, 7) is 11.3. The second-order valence-corrected chi connectivity index (χ2v) is 12.2. The summed E-state index contributed by atoms with van der Waals surface area (Å²) in [5.74, 6) is -0.703. The van der Waals surface area contributed by atoms with Crippen LogP contribution in [0.1, 0.15) is 55.9 Å². The fourth-order valence-corrected chi connectivity index (χ4v) is 5.81. The summed E-state index contributed by atoms with van der Waals surface area (Å²) >= 11 is 0. The van der Waals surface area contributed by atoms with Crippen molar-refractivity contribution < 1.29 is 18.0 Å². The van der Waals surface area contributed by atoms with E-state index in [1.54, 1.807) is 30.3 Å². The van der Waals surface area contributed by atoms with Crippen molar-refractivity contribution in [3.8, 4) is 0 Å². The minimum atomic E-state index is -4.08. The zero-order valence-corrected chi connectivity index (χ0v) is 25.2. The quantitative estimate of drug-likeness (QED) is 0.314. The van der Waals surface area contributed by atoms with Crippen LogP contribution in [0.4, 0.5) is 5.69 Å². The van der Waals surface area contributed by atoms with Crippen LogP contribution >= 0.6 is 0 Å². The van der Waals surface area contributed by atoms with Gasteiger partial charge >= 0.3 is 0 Å². The van der Waals surface area contributed by atoms with Gasteiger partial charge in [-0.15, -0.1) is 0 Å². The van der Waals surface area contributed by atoms with Gasteiger partial charge in [-0.25, -0.2) is 8.42 Å². The number of nitrogens with one attached hydrogen (secondary N) is 1. The zero-order chi connectivity index (χ0) is 29.4. The summed E-state index contributed by atoms with van der Waals surface area (Å²) in [5, 5.41) is 3.00. The molecule has 2 amide bonds. The molecule has 214 valence electrons. The molecule has 0 bridgehead atoms. The van der Waals surface area contributed by atoms with E-state index in [0.29, 0.717) is 12.1 Å². The number of aryl methyl sites for hydroxylation is 3. The van der Waals surface area contributed by atoms with Gasteiger partial charge in [0.15, 0.2) is 0 Å². The van der Waals surface area contributed by atoms with Crippen molar-refractivity contribution in [2.24, 2.45) is 0 Å². The average molecular weight is 564 g/mol. The van der Waals surface area contributed by atoms with E-state index in [9.17, 15) is 18.0 Å². The highest BCUT2D eigenvalue weighted by molar-refractivity contribution is 7.92. The van der Waals surface area contributed by atoms with Gasteiger partial charge in [-0.3, -0.25) is 13.9 Å². The Morgan fingerprint density at radius 2 is 1.50 bits per heavy atom. The molecule has 1 N–H and O–H groups in total. The Hall–Kier alpha value is -3.65. The van der Waals surface area contributed by atoms with Crippen molar-refractivity contribution in [2.75, 3.05) is 10.8 Å². The maximum absolute atomic E-state index is 14.1. The SMILES string of the molecule is CC[C@H](C(=O)N[C@@H](C)CC)N(Cc1ccc(C)cc1)C(=O)CN(c1ccc(C)c(C)c1)S(=O)(=O)c1ccccc1. The van der Waals surface area contributed by atoms with Gasteiger partial charge in [-0.1, -0.05) is 67.9 Å². The molecule has 0 aliphatic rings. The van der Waals surface area contributed by atoms with E-state index < -0.39 is 28.5 Å². The number of sulfonamides is 1. The number of hydrogen-bond acceptors (Lipinski definition) is 4. The van der Waals surface area contributed by atoms with Crippen LogP contribution in [0.3, 0.4) is 0 Å². The van der Waals surface area contributed by atoms with Gasteiger partial charge < -0.3 is 10.2 Å². The van der Waals surface area contributed by atoms with Crippen molar-refractivity contribution in [3.05, 3.63) is 95.1 Å². The van der Waals surface area contributed by atoms with Crippen molar-refractivity contribution in [1.29, 1.82) is 0 Å². The lowest BCUT2D eigenvalue weighted by Crippen LogP contribution is -2.53. The standard InChI is InChI=1S/C32H41N3O4S/c1-7-26(6)33-32(37)30(8-2)34(21-27-17-14-23(3)15-18-27)31(36)22-35(28-19-16-24(4)25(5)20-28)40(38,39)29-12-10-9-11-13-29/h9-20,26,30H,7-8,21-22H2,1-6H3,(H,33,37)/t26-,30+/m0/s1. The van der Waals surface area contributed by atoms with Gasteiger partial charge in [0, 0.05) is 12.6 Å². The Morgan fingerprint density at radius 3 is 2.08 bits per heavy atom. The van der Waals surface area contributed by atoms with E-state index in [-0.39, 0.29) is 23.4 Å². The first kappa shape index (κ1) is 30.9. The second-order valence-electron chi connectivity index (χ2n) is 10.3. The van der Waals surface area contributed by atoms with E-state index in [1.165, 1.54) is 17.0 Å². The number of carbonyl (C=O) groups is 2. The van der Waals surface area contributed by atoms with Crippen molar-refractivity contribution >= 4 is 27.5 Å². The summed E-state index contributed by atoms with van der Waals surface area (Å²) in [6, 6.07) is 20.4. The lowest BCUT2D eigenvalue weighted by molar-refractivity contribution is -0.140. The fourth-order valence-electron chi connectivity index (χ4n) is 4.38. The molecule has 0 aliphatic carbocycles. The van der Waals surface area contributed by atoms with Gasteiger partial charge in [0.1, 0.15) is 12.6 Å². The molecule has 3 aromatic rings. The molecule has 0 saturated heterocycles. The molecule has 0 spiro atoms. The highest BCUT2D eigenvalue weighted by Crippen LogP contribution is 2.26. The number of hydrogen-bond donors (Lipinski definition) is 1. The smallest absolute Gasteiger partial charge is 0.264 e. The Kier molecular flexibility index (Phi) is 10.5. The molecule has 3 rings (SSSR count). The Balaban J connectivity index is 2.06. The van der Waals surface area contributed by atoms with Crippen molar-refractivity contribution in [2.45, 2.75) is 77.9 Å². The highest BCUT2D eigenvalue weighted by Gasteiger charge is 2.34. The first-order valence-electron chi connectivity index (χ1n) is 13.8. The predicted molar refractivity (Wildman–Crippen MR) is 161 cm³/mol. The first-order chi connectivity index (χ1) is 19.0. The average Bonchev–Trinajstić information content (AvgIpc) is 2.94. The number of rotatable bonds is 12. The molecule has 0 aliphatic heterocycles. The summed E-state index contributed by atoms with van der Waals surface area (Å²) < 4.78 is 29.0. The first-order valence-corrected chi connectivity index (χ1v) is 15.2. The van der Waals surface area contributed by atoms with E-state index in [1.807, 2.05) is 71.9 Å². The zero-order valence-electron chi connectivity index (χ0n) is 24.3. The van der Waals surface area contributed by atoms with Gasteiger partial charge in [-0.2, -0.15) is 0 Å². The molecule has 0 radical (unpaired) electrons. The molecular formula is C32H41N3O4S. The number of carbonyl (C=O) groups excluding carboxylic acids is 2. The second kappa shape index (κ2) is 13.6. The minimum absolute atomic E-state index is 0.0524. The van der Waals surface area contributed by atoms with Crippen LogP contribution in [0.25, 0.3) is 0 Å². The van der Waals surface area contributed by atoms with Crippen LogP contribution in [0, 0.1) is 20.8 Å². The van der Waals surface area contributed by atoms with Crippen LogP contribution in [0.2, 0.25) is 0 Å². The molecule has 7 nitrogen and oxygen atoms in total. The minimum Gasteiger partial charge on any atom is -0.352 e. The monoisotopic (exact) mass is 563 g/mol. The lowest BCUT2D eigenvalue weighted by Gasteiger charge is -2.34. The van der Waals surface area contributed by atoms with Crippen LogP contribution < -0.4 is 9.62 Å². The molecule has 40 heavy (non-hydrogen) atoms. The normalized spacial score (nSPS) is 12.8. The van der Waals surface area contributed by atoms with Gasteiger partial charge in [0.25, 0.3) is 10.0 Å². The van der Waals surface area contributed by atoms with Crippen LogP contribution in [0.15, 0.2) is 77.7 Å². The van der Waals surface area contributed by atoms with Crippen LogP contribution in [0.5, 0.6) is 0 Å². The number of anilines is 1. The number of amides is 2. The molecule has 0 aromatic heterocycles. The Labute approximate surface area is 239 Å². The summed E-state index contributed by atoms with van der Waals surface area (Å²) in [6.07, 6.45) is 1.14. The maximum Gasteiger partial charge on any atom is 0.264 e. The maximum atomic E-state index is 14.1. The van der Waals surface area contributed by atoms with E-state index in [4.69, 9.17) is 0 Å². The summed E-state index contributed by atoms with van der Waals surface area (Å²) in [5.41, 5.74) is 4.26. The van der Waals surface area contributed by atoms with E-state index in [0.717, 1.165) is 33.0 Å². The molecular weight excluding hydrogens is 522 g/mol. The third kappa shape index (κ3) is 7.50. The molecule has 3 aromatic carbocycles. The van der Waals surface area contributed by atoms with Gasteiger partial charge in [0.05, 0.1) is 10.6 Å².